The number of β-amino-alcohol motifs (C(OH)–C–C–N with tert-alkyl or cyclic N) is 1. The van der Waals surface area contributed by atoms with Gasteiger partial charge >= 0.3 is 6.03 Å². The third kappa shape index (κ3) is 3.74. The molecule has 8 heteroatoms. The van der Waals surface area contributed by atoms with Gasteiger partial charge in [0.05, 0.1) is 12.4 Å². The Morgan fingerprint density at radius 3 is 2.96 bits per heavy atom. The Balaban J connectivity index is 1.59. The molecular weight excluding hydrogens is 329 g/mol. The van der Waals surface area contributed by atoms with Gasteiger partial charge in [-0.15, -0.1) is 0 Å². The third-order valence-corrected chi connectivity index (χ3v) is 4.47. The fourth-order valence-corrected chi connectivity index (χ4v) is 3.03. The van der Waals surface area contributed by atoms with Crippen LogP contribution in [0.1, 0.15) is 12.0 Å². The van der Waals surface area contributed by atoms with Crippen molar-refractivity contribution in [3.05, 3.63) is 35.8 Å². The van der Waals surface area contributed by atoms with Crippen LogP contribution in [-0.2, 0) is 11.3 Å². The van der Waals surface area contributed by atoms with Crippen LogP contribution in [0.5, 0.6) is 0 Å². The molecule has 2 heterocycles. The molecule has 3 amide bonds. The van der Waals surface area contributed by atoms with Crippen molar-refractivity contribution >= 4 is 22.9 Å². The molecule has 0 aliphatic carbocycles. The van der Waals surface area contributed by atoms with Crippen LogP contribution in [0.15, 0.2) is 28.9 Å². The third-order valence-electron chi connectivity index (χ3n) is 4.47. The number of carbonyl (C=O) groups excluding carboxylic acids is 2. The number of halogens is 1. The maximum Gasteiger partial charge on any atom is 0.317 e. The fourth-order valence-electron chi connectivity index (χ4n) is 3.03. The number of hydrogen-bond acceptors (Lipinski definition) is 4. The van der Waals surface area contributed by atoms with Crippen LogP contribution in [0, 0.1) is 11.7 Å². The normalized spacial score (nSPS) is 20.0. The number of carbonyl (C=O) groups is 2. The van der Waals surface area contributed by atoms with E-state index in [2.05, 4.69) is 10.6 Å². The Morgan fingerprint density at radius 2 is 2.20 bits per heavy atom. The minimum Gasteiger partial charge on any atom is -0.464 e. The first kappa shape index (κ1) is 17.2. The monoisotopic (exact) mass is 349 g/mol. The summed E-state index contributed by atoms with van der Waals surface area (Å²) in [7, 11) is 1.53. The first-order valence-electron chi connectivity index (χ1n) is 8.05. The maximum atomic E-state index is 13.4. The van der Waals surface area contributed by atoms with E-state index in [1.165, 1.54) is 36.4 Å². The lowest BCUT2D eigenvalue weighted by atomic mass is 10.0. The molecule has 25 heavy (non-hydrogen) atoms. The molecule has 0 radical (unpaired) electrons. The highest BCUT2D eigenvalue weighted by atomic mass is 19.1. The van der Waals surface area contributed by atoms with Crippen molar-refractivity contribution in [1.29, 1.82) is 0 Å². The number of benzene rings is 1. The second kappa shape index (κ2) is 7.10. The summed E-state index contributed by atoms with van der Waals surface area (Å²) in [5.41, 5.74) is 1.22. The van der Waals surface area contributed by atoms with Gasteiger partial charge in [-0.2, -0.15) is 0 Å². The molecule has 3 rings (SSSR count). The molecule has 1 fully saturated rings. The van der Waals surface area contributed by atoms with Crippen LogP contribution in [0.2, 0.25) is 0 Å². The largest absolute Gasteiger partial charge is 0.464 e. The minimum atomic E-state index is -0.730. The van der Waals surface area contributed by atoms with Crippen molar-refractivity contribution in [2.45, 2.75) is 19.1 Å². The molecule has 0 unspecified atom stereocenters. The molecule has 1 aromatic carbocycles. The summed E-state index contributed by atoms with van der Waals surface area (Å²) < 4.78 is 18.7. The van der Waals surface area contributed by atoms with Crippen molar-refractivity contribution in [2.24, 2.45) is 5.92 Å². The van der Waals surface area contributed by atoms with Gasteiger partial charge in [-0.3, -0.25) is 4.79 Å². The number of amides is 3. The number of aliphatic hydroxyl groups is 1. The molecule has 3 N–H and O–H groups in total. The van der Waals surface area contributed by atoms with E-state index in [4.69, 9.17) is 4.42 Å². The smallest absolute Gasteiger partial charge is 0.317 e. The van der Waals surface area contributed by atoms with Gasteiger partial charge in [-0.25, -0.2) is 9.18 Å². The van der Waals surface area contributed by atoms with Crippen molar-refractivity contribution in [3.63, 3.8) is 0 Å². The molecule has 1 aliphatic heterocycles. The SMILES string of the molecule is CNC(=O)C[C@@H]1CN(C(=O)NCc2coc3ccc(F)cc23)C[C@H]1O. The quantitative estimate of drug-likeness (QED) is 0.773. The van der Waals surface area contributed by atoms with Crippen molar-refractivity contribution in [1.82, 2.24) is 15.5 Å². The first-order valence-corrected chi connectivity index (χ1v) is 8.05. The number of nitrogens with one attached hydrogen (secondary N) is 2. The Bertz CT molecular complexity index is 791. The molecule has 2 atom stereocenters. The maximum absolute atomic E-state index is 13.4. The predicted molar refractivity (Wildman–Crippen MR) is 88.2 cm³/mol. The molecular formula is C17H20FN3O4. The van der Waals surface area contributed by atoms with Crippen LogP contribution in [-0.4, -0.2) is 48.2 Å². The van der Waals surface area contributed by atoms with Crippen molar-refractivity contribution in [3.8, 4) is 0 Å². The highest BCUT2D eigenvalue weighted by molar-refractivity contribution is 5.82. The van der Waals surface area contributed by atoms with Crippen LogP contribution >= 0.6 is 0 Å². The Labute approximate surface area is 143 Å². The molecule has 1 aromatic heterocycles. The lowest BCUT2D eigenvalue weighted by Gasteiger charge is -2.16. The second-order valence-corrected chi connectivity index (χ2v) is 6.17. The van der Waals surface area contributed by atoms with Gasteiger partial charge in [-0.05, 0) is 18.2 Å². The van der Waals surface area contributed by atoms with E-state index in [0.717, 1.165) is 0 Å². The molecule has 1 aliphatic rings. The first-order chi connectivity index (χ1) is 12.0. The van der Waals surface area contributed by atoms with E-state index in [-0.39, 0.29) is 43.2 Å². The van der Waals surface area contributed by atoms with Crippen molar-refractivity contribution < 1.29 is 23.5 Å². The van der Waals surface area contributed by atoms with Gasteiger partial charge in [0.1, 0.15) is 11.4 Å². The molecule has 1 saturated heterocycles. The number of likely N-dealkylation sites (tertiary alicyclic amines) is 1. The van der Waals surface area contributed by atoms with Gasteiger partial charge < -0.3 is 25.1 Å². The Hall–Kier alpha value is -2.61. The number of nitrogens with zero attached hydrogens (tertiary/aromatic N) is 1. The summed E-state index contributed by atoms with van der Waals surface area (Å²) in [6.07, 6.45) is 0.928. The van der Waals surface area contributed by atoms with Crippen LogP contribution in [0.4, 0.5) is 9.18 Å². The lowest BCUT2D eigenvalue weighted by Crippen LogP contribution is -2.38. The number of furan rings is 1. The van der Waals surface area contributed by atoms with E-state index < -0.39 is 6.10 Å². The van der Waals surface area contributed by atoms with E-state index in [1.54, 1.807) is 0 Å². The van der Waals surface area contributed by atoms with Gasteiger partial charge in [0.2, 0.25) is 5.91 Å². The van der Waals surface area contributed by atoms with Crippen LogP contribution < -0.4 is 10.6 Å². The van der Waals surface area contributed by atoms with Gasteiger partial charge in [0, 0.05) is 50.0 Å². The van der Waals surface area contributed by atoms with Crippen LogP contribution in [0.3, 0.4) is 0 Å². The molecule has 2 aromatic rings. The molecule has 0 bridgehead atoms. The van der Waals surface area contributed by atoms with Gasteiger partial charge in [0.15, 0.2) is 0 Å². The topological polar surface area (TPSA) is 94.8 Å². The summed E-state index contributed by atoms with van der Waals surface area (Å²) in [6, 6.07) is 3.87. The summed E-state index contributed by atoms with van der Waals surface area (Å²) in [4.78, 5) is 25.2. The van der Waals surface area contributed by atoms with E-state index >= 15 is 0 Å². The highest BCUT2D eigenvalue weighted by Gasteiger charge is 2.35. The molecule has 7 nitrogen and oxygen atoms in total. The summed E-state index contributed by atoms with van der Waals surface area (Å²) in [6.45, 7) is 0.664. The molecule has 134 valence electrons. The number of fused-ring (bicyclic) bond motifs is 1. The Morgan fingerprint density at radius 1 is 1.40 bits per heavy atom. The molecule has 0 spiro atoms. The van der Waals surface area contributed by atoms with E-state index in [9.17, 15) is 19.1 Å². The van der Waals surface area contributed by atoms with E-state index in [1.807, 2.05) is 0 Å². The fraction of sp³-hybridized carbons (Fsp3) is 0.412. The lowest BCUT2D eigenvalue weighted by molar-refractivity contribution is -0.122. The highest BCUT2D eigenvalue weighted by Crippen LogP contribution is 2.23. The summed E-state index contributed by atoms with van der Waals surface area (Å²) in [5, 5.41) is 15.9. The van der Waals surface area contributed by atoms with Gasteiger partial charge in [0.25, 0.3) is 0 Å². The van der Waals surface area contributed by atoms with Gasteiger partial charge in [-0.1, -0.05) is 0 Å². The zero-order chi connectivity index (χ0) is 18.0. The minimum absolute atomic E-state index is 0.168. The number of urea groups is 1. The van der Waals surface area contributed by atoms with E-state index in [0.29, 0.717) is 23.1 Å². The second-order valence-electron chi connectivity index (χ2n) is 6.17. The zero-order valence-electron chi connectivity index (χ0n) is 13.8. The number of hydrogen-bond donors (Lipinski definition) is 3. The summed E-state index contributed by atoms with van der Waals surface area (Å²) >= 11 is 0. The predicted octanol–water partition coefficient (Wildman–Crippen LogP) is 1.21. The summed E-state index contributed by atoms with van der Waals surface area (Å²) in [5.74, 6) is -0.825. The van der Waals surface area contributed by atoms with Crippen molar-refractivity contribution in [2.75, 3.05) is 20.1 Å². The zero-order valence-corrected chi connectivity index (χ0v) is 13.8. The standard InChI is InChI=1S/C17H20FN3O4/c1-19-16(23)4-10-7-21(8-14(10)22)17(24)20-6-11-9-25-15-3-2-12(18)5-13(11)15/h2-3,5,9-10,14,22H,4,6-8H2,1H3,(H,19,23)(H,20,24)/t10-,14-/m1/s1. The Kier molecular flexibility index (Phi) is 4.89. The average molecular weight is 349 g/mol. The number of aliphatic hydroxyl groups excluding tert-OH is 1. The van der Waals surface area contributed by atoms with Crippen LogP contribution in [0.25, 0.3) is 11.0 Å². The molecule has 0 saturated carbocycles. The number of rotatable bonds is 4. The average Bonchev–Trinajstić information content (AvgIpc) is 3.16.